The summed E-state index contributed by atoms with van der Waals surface area (Å²) in [6, 6.07) is 4.60. The molecule has 4 nitrogen and oxygen atoms in total. The van der Waals surface area contributed by atoms with E-state index in [4.69, 9.17) is 9.84 Å². The van der Waals surface area contributed by atoms with Crippen molar-refractivity contribution < 1.29 is 27.8 Å². The lowest BCUT2D eigenvalue weighted by atomic mass is 10.1. The van der Waals surface area contributed by atoms with Gasteiger partial charge in [0.15, 0.2) is 0 Å². The fourth-order valence-corrected chi connectivity index (χ4v) is 2.31. The number of anilines is 1. The lowest BCUT2D eigenvalue weighted by molar-refractivity contribution is -0.138. The van der Waals surface area contributed by atoms with Crippen molar-refractivity contribution in [2.75, 3.05) is 24.7 Å². The van der Waals surface area contributed by atoms with Gasteiger partial charge in [0.25, 0.3) is 0 Å². The zero-order valence-corrected chi connectivity index (χ0v) is 10.6. The fraction of sp³-hybridized carbons (Fsp3) is 0.462. The number of hydrogen-bond donors (Lipinski definition) is 1. The Morgan fingerprint density at radius 3 is 2.75 bits per heavy atom. The summed E-state index contributed by atoms with van der Waals surface area (Å²) in [6.45, 7) is 0.631. The average molecular weight is 289 g/mol. The molecule has 1 aromatic carbocycles. The maximum Gasteiger partial charge on any atom is 0.418 e. The third kappa shape index (κ3) is 3.22. The van der Waals surface area contributed by atoms with E-state index < -0.39 is 23.8 Å². The number of para-hydroxylation sites is 1. The predicted molar refractivity (Wildman–Crippen MR) is 65.6 cm³/mol. The summed E-state index contributed by atoms with van der Waals surface area (Å²) >= 11 is 0. The molecule has 0 radical (unpaired) electrons. The lowest BCUT2D eigenvalue weighted by Crippen LogP contribution is -2.47. The van der Waals surface area contributed by atoms with E-state index in [2.05, 4.69) is 0 Å². The molecule has 0 amide bonds. The minimum absolute atomic E-state index is 0.00884. The predicted octanol–water partition coefficient (Wildman–Crippen LogP) is 2.39. The molecule has 1 unspecified atom stereocenters. The second kappa shape index (κ2) is 5.70. The molecule has 1 aliphatic heterocycles. The van der Waals surface area contributed by atoms with E-state index >= 15 is 0 Å². The molecule has 0 saturated carbocycles. The molecule has 110 valence electrons. The van der Waals surface area contributed by atoms with Gasteiger partial charge in [-0.25, -0.2) is 0 Å². The van der Waals surface area contributed by atoms with Crippen LogP contribution in [0.5, 0.6) is 0 Å². The number of alkyl halides is 3. The number of rotatable bonds is 3. The Bertz CT molecular complexity index is 490. The molecule has 2 rings (SSSR count). The number of halogens is 3. The van der Waals surface area contributed by atoms with E-state index in [1.54, 1.807) is 0 Å². The molecule has 7 heteroatoms. The molecular weight excluding hydrogens is 275 g/mol. The van der Waals surface area contributed by atoms with Crippen molar-refractivity contribution in [1.82, 2.24) is 0 Å². The van der Waals surface area contributed by atoms with Crippen LogP contribution in [0.1, 0.15) is 12.0 Å². The highest BCUT2D eigenvalue weighted by Crippen LogP contribution is 2.37. The largest absolute Gasteiger partial charge is 0.481 e. The second-order valence-electron chi connectivity index (χ2n) is 4.53. The molecule has 0 aliphatic carbocycles. The van der Waals surface area contributed by atoms with Crippen molar-refractivity contribution >= 4 is 11.7 Å². The van der Waals surface area contributed by atoms with Crippen molar-refractivity contribution in [1.29, 1.82) is 0 Å². The molecule has 0 spiro atoms. The summed E-state index contributed by atoms with van der Waals surface area (Å²) in [5.41, 5.74) is -0.744. The Labute approximate surface area is 113 Å². The maximum atomic E-state index is 13.0. The first-order chi connectivity index (χ1) is 9.39. The van der Waals surface area contributed by atoms with Gasteiger partial charge in [-0.1, -0.05) is 12.1 Å². The Hall–Kier alpha value is -1.76. The minimum atomic E-state index is -4.47. The zero-order chi connectivity index (χ0) is 14.8. The van der Waals surface area contributed by atoms with Crippen LogP contribution in [0.2, 0.25) is 0 Å². The van der Waals surface area contributed by atoms with Gasteiger partial charge in [0, 0.05) is 12.2 Å². The van der Waals surface area contributed by atoms with Crippen LogP contribution in [0, 0.1) is 0 Å². The van der Waals surface area contributed by atoms with Gasteiger partial charge in [-0.3, -0.25) is 4.79 Å². The summed E-state index contributed by atoms with van der Waals surface area (Å²) in [6.07, 6.45) is -4.73. The van der Waals surface area contributed by atoms with E-state index in [-0.39, 0.29) is 31.9 Å². The molecule has 1 saturated heterocycles. The van der Waals surface area contributed by atoms with E-state index in [1.807, 2.05) is 0 Å². The van der Waals surface area contributed by atoms with Gasteiger partial charge in [-0.2, -0.15) is 13.2 Å². The van der Waals surface area contributed by atoms with Crippen LogP contribution in [-0.4, -0.2) is 36.9 Å². The van der Waals surface area contributed by atoms with Crippen LogP contribution < -0.4 is 4.90 Å². The van der Waals surface area contributed by atoms with Crippen molar-refractivity contribution in [3.05, 3.63) is 29.8 Å². The number of ether oxygens (including phenoxy) is 1. The van der Waals surface area contributed by atoms with Gasteiger partial charge in [-0.05, 0) is 12.1 Å². The highest BCUT2D eigenvalue weighted by molar-refractivity contribution is 5.69. The van der Waals surface area contributed by atoms with Gasteiger partial charge in [-0.15, -0.1) is 0 Å². The summed E-state index contributed by atoms with van der Waals surface area (Å²) < 4.78 is 44.2. The first-order valence-electron chi connectivity index (χ1n) is 6.12. The monoisotopic (exact) mass is 289 g/mol. The van der Waals surface area contributed by atoms with Crippen molar-refractivity contribution in [3.8, 4) is 0 Å². The van der Waals surface area contributed by atoms with Gasteiger partial charge in [0.2, 0.25) is 0 Å². The SMILES string of the molecule is O=C(O)CC1COCCN1c1ccccc1C(F)(F)F. The number of nitrogens with zero attached hydrogens (tertiary/aromatic N) is 1. The van der Waals surface area contributed by atoms with Crippen molar-refractivity contribution in [3.63, 3.8) is 0 Å². The summed E-state index contributed by atoms with van der Waals surface area (Å²) in [7, 11) is 0. The molecule has 1 atom stereocenters. The van der Waals surface area contributed by atoms with E-state index in [9.17, 15) is 18.0 Å². The Morgan fingerprint density at radius 1 is 1.40 bits per heavy atom. The van der Waals surface area contributed by atoms with E-state index in [0.717, 1.165) is 6.07 Å². The summed E-state index contributed by atoms with van der Waals surface area (Å²) in [4.78, 5) is 12.3. The van der Waals surface area contributed by atoms with E-state index in [1.165, 1.54) is 23.1 Å². The second-order valence-corrected chi connectivity index (χ2v) is 4.53. The van der Waals surface area contributed by atoms with E-state index in [0.29, 0.717) is 0 Å². The molecule has 0 aromatic heterocycles. The number of hydrogen-bond acceptors (Lipinski definition) is 3. The van der Waals surface area contributed by atoms with Gasteiger partial charge >= 0.3 is 12.1 Å². The molecule has 1 fully saturated rings. The third-order valence-corrected chi connectivity index (χ3v) is 3.16. The van der Waals surface area contributed by atoms with Gasteiger partial charge < -0.3 is 14.7 Å². The standard InChI is InChI=1S/C13H14F3NO3/c14-13(15,16)10-3-1-2-4-11(10)17-5-6-20-8-9(17)7-12(18)19/h1-4,9H,5-8H2,(H,18,19). The smallest absolute Gasteiger partial charge is 0.418 e. The van der Waals surface area contributed by atoms with Crippen LogP contribution in [0.15, 0.2) is 24.3 Å². The van der Waals surface area contributed by atoms with Crippen molar-refractivity contribution in [2.45, 2.75) is 18.6 Å². The number of aliphatic carboxylic acids is 1. The molecule has 1 N–H and O–H groups in total. The highest BCUT2D eigenvalue weighted by Gasteiger charge is 2.37. The molecule has 1 heterocycles. The van der Waals surface area contributed by atoms with Crippen LogP contribution in [0.3, 0.4) is 0 Å². The zero-order valence-electron chi connectivity index (χ0n) is 10.6. The summed E-state index contributed by atoms with van der Waals surface area (Å²) in [5.74, 6) is -1.06. The van der Waals surface area contributed by atoms with Crippen molar-refractivity contribution in [2.24, 2.45) is 0 Å². The third-order valence-electron chi connectivity index (χ3n) is 3.16. The quantitative estimate of drug-likeness (QED) is 0.928. The first-order valence-corrected chi connectivity index (χ1v) is 6.12. The topological polar surface area (TPSA) is 49.8 Å². The summed E-state index contributed by atoms with van der Waals surface area (Å²) in [5, 5.41) is 8.86. The number of benzene rings is 1. The molecule has 1 aliphatic rings. The van der Waals surface area contributed by atoms with Crippen LogP contribution >= 0.6 is 0 Å². The van der Waals surface area contributed by atoms with Gasteiger partial charge in [0.05, 0.1) is 31.2 Å². The lowest BCUT2D eigenvalue weighted by Gasteiger charge is -2.37. The fourth-order valence-electron chi connectivity index (χ4n) is 2.31. The van der Waals surface area contributed by atoms with Crippen LogP contribution in [0.4, 0.5) is 18.9 Å². The number of carboxylic acid groups (broad SMARTS) is 1. The Morgan fingerprint density at radius 2 is 2.10 bits per heavy atom. The maximum absolute atomic E-state index is 13.0. The van der Waals surface area contributed by atoms with Crippen LogP contribution in [0.25, 0.3) is 0 Å². The minimum Gasteiger partial charge on any atom is -0.481 e. The van der Waals surface area contributed by atoms with Gasteiger partial charge in [0.1, 0.15) is 0 Å². The average Bonchev–Trinajstić information content (AvgIpc) is 2.38. The Kier molecular flexibility index (Phi) is 4.17. The molecule has 20 heavy (non-hydrogen) atoms. The van der Waals surface area contributed by atoms with Crippen LogP contribution in [-0.2, 0) is 15.7 Å². The normalized spacial score (nSPS) is 19.9. The number of carbonyl (C=O) groups is 1. The number of carboxylic acids is 1. The highest BCUT2D eigenvalue weighted by atomic mass is 19.4. The first kappa shape index (κ1) is 14.6. The molecular formula is C13H14F3NO3. The molecule has 1 aromatic rings. The number of morpholine rings is 1. The molecule has 0 bridgehead atoms. The Balaban J connectivity index is 2.35.